The molecular formula is C24H39N5O6. The van der Waals surface area contributed by atoms with Crippen molar-refractivity contribution in [1.29, 1.82) is 0 Å². The molecule has 0 bridgehead atoms. The second-order valence-corrected chi connectivity index (χ2v) is 8.60. The summed E-state index contributed by atoms with van der Waals surface area (Å²) < 4.78 is 0. The van der Waals surface area contributed by atoms with E-state index in [1.54, 1.807) is 38.1 Å². The highest BCUT2D eigenvalue weighted by atomic mass is 16.4. The molecular weight excluding hydrogens is 454 g/mol. The molecule has 0 radical (unpaired) electrons. The molecule has 1 rings (SSSR count). The SMILES string of the molecule is CCC(C)C(NC(=O)C(CO)NC(=O)C(Cc1ccccc1)NC(=O)C(N)CCCCN)C(=O)O. The number of aliphatic hydroxyl groups is 1. The van der Waals surface area contributed by atoms with Gasteiger partial charge in [0.1, 0.15) is 18.1 Å². The Bertz CT molecular complexity index is 822. The maximum atomic E-state index is 13.1. The minimum Gasteiger partial charge on any atom is -0.480 e. The van der Waals surface area contributed by atoms with Crippen molar-refractivity contribution < 1.29 is 29.4 Å². The minimum atomic E-state index is -1.40. The van der Waals surface area contributed by atoms with Gasteiger partial charge in [0.25, 0.3) is 0 Å². The van der Waals surface area contributed by atoms with Gasteiger partial charge in [0.15, 0.2) is 0 Å². The van der Waals surface area contributed by atoms with Crippen molar-refractivity contribution in [3.63, 3.8) is 0 Å². The maximum absolute atomic E-state index is 13.1. The van der Waals surface area contributed by atoms with Gasteiger partial charge in [0.05, 0.1) is 12.6 Å². The highest BCUT2D eigenvalue weighted by molar-refractivity contribution is 5.94. The van der Waals surface area contributed by atoms with E-state index < -0.39 is 54.5 Å². The summed E-state index contributed by atoms with van der Waals surface area (Å²) in [7, 11) is 0. The normalized spacial score (nSPS) is 15.2. The Balaban J connectivity index is 2.96. The van der Waals surface area contributed by atoms with Gasteiger partial charge in [-0.1, -0.05) is 57.0 Å². The number of aliphatic hydroxyl groups excluding tert-OH is 1. The van der Waals surface area contributed by atoms with E-state index in [9.17, 15) is 29.4 Å². The lowest BCUT2D eigenvalue weighted by atomic mass is 9.99. The number of benzene rings is 1. The smallest absolute Gasteiger partial charge is 0.326 e. The van der Waals surface area contributed by atoms with Crippen molar-refractivity contribution in [2.75, 3.05) is 13.2 Å². The summed E-state index contributed by atoms with van der Waals surface area (Å²) in [6.45, 7) is 3.19. The van der Waals surface area contributed by atoms with Crippen LogP contribution in [0.15, 0.2) is 30.3 Å². The fourth-order valence-electron chi connectivity index (χ4n) is 3.38. The first-order valence-corrected chi connectivity index (χ1v) is 11.9. The number of carbonyl (C=O) groups is 4. The van der Waals surface area contributed by atoms with Crippen molar-refractivity contribution in [3.05, 3.63) is 35.9 Å². The van der Waals surface area contributed by atoms with E-state index in [0.29, 0.717) is 25.8 Å². The number of aliphatic carboxylic acids is 1. The molecule has 11 nitrogen and oxygen atoms in total. The minimum absolute atomic E-state index is 0.123. The topological polar surface area (TPSA) is 197 Å². The van der Waals surface area contributed by atoms with Crippen LogP contribution in [0.25, 0.3) is 0 Å². The molecule has 1 aromatic rings. The summed E-state index contributed by atoms with van der Waals surface area (Å²) in [5.41, 5.74) is 12.2. The standard InChI is InChI=1S/C24H39N5O6/c1-3-15(2)20(24(34)35)29-23(33)19(14-30)28-22(32)18(13-16-9-5-4-6-10-16)27-21(31)17(26)11-7-8-12-25/h4-6,9-10,15,17-20,30H,3,7-8,11-14,25-26H2,1-2H3,(H,27,31)(H,28,32)(H,29,33)(H,34,35). The number of rotatable bonds is 16. The summed E-state index contributed by atoms with van der Waals surface area (Å²) in [6.07, 6.45) is 2.41. The number of hydrogen-bond acceptors (Lipinski definition) is 7. The third-order valence-corrected chi connectivity index (χ3v) is 5.81. The van der Waals surface area contributed by atoms with E-state index in [-0.39, 0.29) is 12.3 Å². The van der Waals surface area contributed by atoms with Crippen LogP contribution >= 0.6 is 0 Å². The lowest BCUT2D eigenvalue weighted by molar-refractivity contribution is -0.144. The van der Waals surface area contributed by atoms with Gasteiger partial charge in [-0.3, -0.25) is 14.4 Å². The number of carbonyl (C=O) groups excluding carboxylic acids is 3. The molecule has 0 heterocycles. The summed E-state index contributed by atoms with van der Waals surface area (Å²) >= 11 is 0. The summed E-state index contributed by atoms with van der Waals surface area (Å²) in [4.78, 5) is 49.8. The molecule has 0 saturated carbocycles. The predicted octanol–water partition coefficient (Wildman–Crippen LogP) is -0.737. The molecule has 9 N–H and O–H groups in total. The van der Waals surface area contributed by atoms with Gasteiger partial charge in [-0.25, -0.2) is 4.79 Å². The molecule has 11 heteroatoms. The Morgan fingerprint density at radius 1 is 0.943 bits per heavy atom. The quantitative estimate of drug-likeness (QED) is 0.146. The van der Waals surface area contributed by atoms with Gasteiger partial charge in [0.2, 0.25) is 17.7 Å². The molecule has 0 spiro atoms. The molecule has 5 unspecified atom stereocenters. The zero-order valence-electron chi connectivity index (χ0n) is 20.4. The van der Waals surface area contributed by atoms with E-state index in [0.717, 1.165) is 12.0 Å². The zero-order chi connectivity index (χ0) is 26.4. The second kappa shape index (κ2) is 15.8. The van der Waals surface area contributed by atoms with E-state index >= 15 is 0 Å². The molecule has 0 aliphatic carbocycles. The Morgan fingerprint density at radius 3 is 2.09 bits per heavy atom. The number of unbranched alkanes of at least 4 members (excludes halogenated alkanes) is 1. The molecule has 0 aromatic heterocycles. The van der Waals surface area contributed by atoms with E-state index in [1.165, 1.54) is 0 Å². The Kier molecular flexibility index (Phi) is 13.5. The third kappa shape index (κ3) is 10.4. The fourth-order valence-corrected chi connectivity index (χ4v) is 3.38. The van der Waals surface area contributed by atoms with Crippen molar-refractivity contribution in [3.8, 4) is 0 Å². The van der Waals surface area contributed by atoms with E-state index in [2.05, 4.69) is 16.0 Å². The Labute approximate surface area is 206 Å². The average Bonchev–Trinajstić information content (AvgIpc) is 2.84. The maximum Gasteiger partial charge on any atom is 0.326 e. The van der Waals surface area contributed by atoms with E-state index in [4.69, 9.17) is 11.5 Å². The monoisotopic (exact) mass is 493 g/mol. The molecule has 0 aliphatic rings. The number of amides is 3. The molecule has 5 atom stereocenters. The first-order chi connectivity index (χ1) is 16.6. The molecule has 0 aliphatic heterocycles. The molecule has 35 heavy (non-hydrogen) atoms. The van der Waals surface area contributed by atoms with Crippen LogP contribution in [-0.4, -0.2) is 71.2 Å². The number of carboxylic acid groups (broad SMARTS) is 1. The summed E-state index contributed by atoms with van der Waals surface area (Å²) in [5, 5.41) is 26.5. The molecule has 0 saturated heterocycles. The van der Waals surface area contributed by atoms with Crippen LogP contribution in [0.1, 0.15) is 45.1 Å². The van der Waals surface area contributed by atoms with E-state index in [1.807, 2.05) is 6.07 Å². The van der Waals surface area contributed by atoms with Gasteiger partial charge in [-0.15, -0.1) is 0 Å². The second-order valence-electron chi connectivity index (χ2n) is 8.60. The van der Waals surface area contributed by atoms with Crippen molar-refractivity contribution in [1.82, 2.24) is 16.0 Å². The third-order valence-electron chi connectivity index (χ3n) is 5.81. The van der Waals surface area contributed by atoms with Gasteiger partial charge >= 0.3 is 5.97 Å². The molecule has 3 amide bonds. The Hall–Kier alpha value is -3.02. The zero-order valence-corrected chi connectivity index (χ0v) is 20.4. The average molecular weight is 494 g/mol. The first kappa shape index (κ1) is 30.0. The predicted molar refractivity (Wildman–Crippen MR) is 131 cm³/mol. The Morgan fingerprint density at radius 2 is 1.54 bits per heavy atom. The number of carboxylic acids is 1. The summed E-state index contributed by atoms with van der Waals surface area (Å²) in [6, 6.07) is 4.47. The number of nitrogens with two attached hydrogens (primary N) is 2. The molecule has 1 aromatic carbocycles. The van der Waals surface area contributed by atoms with Crippen LogP contribution in [-0.2, 0) is 25.6 Å². The van der Waals surface area contributed by atoms with Crippen LogP contribution < -0.4 is 27.4 Å². The number of nitrogens with one attached hydrogen (secondary N) is 3. The lowest BCUT2D eigenvalue weighted by Gasteiger charge is -2.26. The number of hydrogen-bond donors (Lipinski definition) is 7. The van der Waals surface area contributed by atoms with Crippen LogP contribution in [0.3, 0.4) is 0 Å². The highest BCUT2D eigenvalue weighted by Crippen LogP contribution is 2.09. The van der Waals surface area contributed by atoms with Crippen LogP contribution in [0.5, 0.6) is 0 Å². The van der Waals surface area contributed by atoms with Crippen molar-refractivity contribution in [2.45, 2.75) is 70.1 Å². The van der Waals surface area contributed by atoms with Gasteiger partial charge in [0, 0.05) is 6.42 Å². The van der Waals surface area contributed by atoms with Crippen LogP contribution in [0.4, 0.5) is 0 Å². The highest BCUT2D eigenvalue weighted by Gasteiger charge is 2.31. The largest absolute Gasteiger partial charge is 0.480 e. The van der Waals surface area contributed by atoms with Gasteiger partial charge in [-0.05, 0) is 30.9 Å². The van der Waals surface area contributed by atoms with Gasteiger partial charge in [-0.2, -0.15) is 0 Å². The van der Waals surface area contributed by atoms with Gasteiger partial charge < -0.3 is 37.6 Å². The fraction of sp³-hybridized carbons (Fsp3) is 0.583. The first-order valence-electron chi connectivity index (χ1n) is 11.9. The molecule has 196 valence electrons. The molecule has 0 fully saturated rings. The summed E-state index contributed by atoms with van der Waals surface area (Å²) in [5.74, 6) is -3.64. The van der Waals surface area contributed by atoms with Crippen molar-refractivity contribution in [2.24, 2.45) is 17.4 Å². The lowest BCUT2D eigenvalue weighted by Crippen LogP contribution is -2.59. The van der Waals surface area contributed by atoms with Crippen LogP contribution in [0, 0.1) is 5.92 Å². The van der Waals surface area contributed by atoms with Crippen molar-refractivity contribution >= 4 is 23.7 Å². The van der Waals surface area contributed by atoms with Crippen LogP contribution in [0.2, 0.25) is 0 Å².